The molecule has 3 heterocycles. The van der Waals surface area contributed by atoms with Gasteiger partial charge in [0.15, 0.2) is 11.5 Å². The van der Waals surface area contributed by atoms with E-state index in [2.05, 4.69) is 28.1 Å². The highest BCUT2D eigenvalue weighted by Gasteiger charge is 2.33. The number of nitrogens with zero attached hydrogens (tertiary/aromatic N) is 4. The van der Waals surface area contributed by atoms with E-state index >= 15 is 0 Å². The van der Waals surface area contributed by atoms with Gasteiger partial charge in [-0.3, -0.25) is 14.5 Å². The van der Waals surface area contributed by atoms with E-state index in [1.54, 1.807) is 40.1 Å². The topological polar surface area (TPSA) is 106 Å². The number of rotatable bonds is 6. The quantitative estimate of drug-likeness (QED) is 0.548. The van der Waals surface area contributed by atoms with E-state index in [-0.39, 0.29) is 18.2 Å². The summed E-state index contributed by atoms with van der Waals surface area (Å²) in [6.07, 6.45) is 2.30. The Kier molecular flexibility index (Phi) is 10.4. The summed E-state index contributed by atoms with van der Waals surface area (Å²) in [6, 6.07) is 4.05. The lowest BCUT2D eigenvalue weighted by Crippen LogP contribution is -2.49. The Bertz CT molecular complexity index is 1270. The molecule has 1 atom stereocenters. The van der Waals surface area contributed by atoms with Gasteiger partial charge in [-0.25, -0.2) is 4.98 Å². The second-order valence-corrected chi connectivity index (χ2v) is 11.6. The maximum Gasteiger partial charge on any atom is 0.254 e. The van der Waals surface area contributed by atoms with E-state index in [1.165, 1.54) is 7.11 Å². The summed E-state index contributed by atoms with van der Waals surface area (Å²) in [5.41, 5.74) is 0.857. The number of carbonyl (C=O) groups is 2. The molecule has 0 spiro atoms. The summed E-state index contributed by atoms with van der Waals surface area (Å²) in [6.45, 7) is 10.8. The van der Waals surface area contributed by atoms with Crippen molar-refractivity contribution in [2.45, 2.75) is 52.2 Å². The number of piperidine rings is 1. The number of hydrogen-bond acceptors (Lipinski definition) is 9. The highest BCUT2D eigenvalue weighted by Crippen LogP contribution is 2.44. The zero-order chi connectivity index (χ0) is 30.4. The summed E-state index contributed by atoms with van der Waals surface area (Å²) < 4.78 is 22.6. The molecule has 0 saturated carbocycles. The van der Waals surface area contributed by atoms with Crippen LogP contribution in [0.2, 0.25) is 0 Å². The number of pyridine rings is 1. The summed E-state index contributed by atoms with van der Waals surface area (Å²) in [5.74, 6) is 2.73. The van der Waals surface area contributed by atoms with Crippen molar-refractivity contribution in [1.29, 1.82) is 0 Å². The largest absolute Gasteiger partial charge is 0.493 e. The number of aromatic nitrogens is 1. The van der Waals surface area contributed by atoms with Crippen molar-refractivity contribution in [3.8, 4) is 17.2 Å². The van der Waals surface area contributed by atoms with Gasteiger partial charge < -0.3 is 34.1 Å². The number of likely N-dealkylation sites (N-methyl/N-ethyl adjacent to an activating group) is 1. The van der Waals surface area contributed by atoms with E-state index in [1.807, 2.05) is 6.07 Å². The van der Waals surface area contributed by atoms with Gasteiger partial charge in [0.25, 0.3) is 5.91 Å². The van der Waals surface area contributed by atoms with Crippen molar-refractivity contribution in [2.24, 2.45) is 5.92 Å². The average molecular weight is 586 g/mol. The number of hydrogen-bond donors (Lipinski definition) is 1. The molecule has 232 valence electrons. The maximum absolute atomic E-state index is 13.4. The number of fused-ring (bicyclic) bond motifs is 5. The lowest BCUT2D eigenvalue weighted by molar-refractivity contribution is -0.151. The molecule has 2 amide bonds. The number of anilines is 1. The van der Waals surface area contributed by atoms with Gasteiger partial charge in [0.05, 0.1) is 26.8 Å². The van der Waals surface area contributed by atoms with Crippen LogP contribution in [0.5, 0.6) is 17.2 Å². The van der Waals surface area contributed by atoms with Crippen LogP contribution in [-0.2, 0) is 20.9 Å². The van der Waals surface area contributed by atoms with Crippen LogP contribution < -0.4 is 24.4 Å². The molecule has 0 radical (unpaired) electrons. The van der Waals surface area contributed by atoms with Gasteiger partial charge in [-0.2, -0.15) is 0 Å². The summed E-state index contributed by atoms with van der Waals surface area (Å²) in [5, 5.41) is 3.97. The first-order chi connectivity index (χ1) is 20.1. The van der Waals surface area contributed by atoms with Crippen molar-refractivity contribution < 1.29 is 28.5 Å². The Morgan fingerprint density at radius 1 is 1.05 bits per heavy atom. The van der Waals surface area contributed by atoms with Crippen LogP contribution in [0.4, 0.5) is 5.82 Å². The predicted octanol–water partition coefficient (Wildman–Crippen LogP) is 3.07. The second kappa shape index (κ2) is 13.8. The molecule has 1 fully saturated rings. The summed E-state index contributed by atoms with van der Waals surface area (Å²) >= 11 is 0. The van der Waals surface area contributed by atoms with Crippen LogP contribution in [0, 0.1) is 5.92 Å². The molecule has 1 N–H and O–H groups in total. The monoisotopic (exact) mass is 585 g/mol. The first-order valence-corrected chi connectivity index (χ1v) is 14.9. The molecule has 1 aromatic heterocycles. The Hall–Kier alpha value is -3.31. The fourth-order valence-electron chi connectivity index (χ4n) is 5.85. The molecule has 4 rings (SSSR count). The maximum atomic E-state index is 13.4. The van der Waals surface area contributed by atoms with E-state index in [0.29, 0.717) is 55.9 Å². The molecule has 1 unspecified atom stereocenters. The third-order valence-electron chi connectivity index (χ3n) is 8.53. The molecule has 2 aromatic rings. The van der Waals surface area contributed by atoms with Gasteiger partial charge in [0.1, 0.15) is 11.4 Å². The summed E-state index contributed by atoms with van der Waals surface area (Å²) in [4.78, 5) is 37.9. The molecule has 11 heteroatoms. The Morgan fingerprint density at radius 3 is 2.48 bits per heavy atom. The minimum absolute atomic E-state index is 0.0416. The standard InChI is InChI=1S/C31H47N5O6/c1-8-34-14-15-35(30(38)31(2,3)42-7)13-11-26(37)32-18-21-10-9-12-36(19-21)29-22(20-34)16-23-24(33-29)17-25(39-4)28(41-6)27(23)40-5/h16-17,21H,8-15,18-20H2,1-7H3,(H,32,37). The number of amides is 2. The smallest absolute Gasteiger partial charge is 0.254 e. The number of benzene rings is 1. The number of ether oxygens (including phenoxy) is 4. The lowest BCUT2D eigenvalue weighted by Gasteiger charge is -2.35. The first-order valence-electron chi connectivity index (χ1n) is 14.9. The van der Waals surface area contributed by atoms with Gasteiger partial charge in [-0.15, -0.1) is 0 Å². The van der Waals surface area contributed by atoms with Crippen LogP contribution in [-0.4, -0.2) is 106 Å². The van der Waals surface area contributed by atoms with Crippen molar-refractivity contribution in [1.82, 2.24) is 20.1 Å². The highest BCUT2D eigenvalue weighted by atomic mass is 16.5. The fourth-order valence-corrected chi connectivity index (χ4v) is 5.85. The summed E-state index contributed by atoms with van der Waals surface area (Å²) in [7, 11) is 6.37. The number of nitrogens with one attached hydrogen (secondary N) is 1. The van der Waals surface area contributed by atoms with E-state index in [0.717, 1.165) is 54.8 Å². The van der Waals surface area contributed by atoms with Crippen molar-refractivity contribution in [3.05, 3.63) is 17.7 Å². The van der Waals surface area contributed by atoms with Crippen molar-refractivity contribution in [3.63, 3.8) is 0 Å². The van der Waals surface area contributed by atoms with E-state index < -0.39 is 5.60 Å². The van der Waals surface area contributed by atoms with E-state index in [9.17, 15) is 9.59 Å². The number of carbonyl (C=O) groups excluding carboxylic acids is 2. The molecule has 0 aliphatic carbocycles. The average Bonchev–Trinajstić information content (AvgIpc) is 3.01. The minimum atomic E-state index is -0.979. The van der Waals surface area contributed by atoms with Crippen LogP contribution in [0.1, 0.15) is 45.6 Å². The molecule has 2 aliphatic rings. The molecule has 11 nitrogen and oxygen atoms in total. The highest BCUT2D eigenvalue weighted by molar-refractivity contribution is 5.92. The first kappa shape index (κ1) is 31.6. The van der Waals surface area contributed by atoms with Gasteiger partial charge in [0.2, 0.25) is 11.7 Å². The lowest BCUT2D eigenvalue weighted by atomic mass is 9.97. The van der Waals surface area contributed by atoms with Gasteiger partial charge in [0, 0.05) is 76.4 Å². The molecule has 2 aliphatic heterocycles. The second-order valence-electron chi connectivity index (χ2n) is 11.6. The number of methoxy groups -OCH3 is 4. The third-order valence-corrected chi connectivity index (χ3v) is 8.53. The van der Waals surface area contributed by atoms with Gasteiger partial charge >= 0.3 is 0 Å². The Balaban J connectivity index is 1.79. The normalized spacial score (nSPS) is 19.4. The molecule has 2 bridgehead atoms. The zero-order valence-electron chi connectivity index (χ0n) is 26.2. The minimum Gasteiger partial charge on any atom is -0.493 e. The Morgan fingerprint density at radius 2 is 1.81 bits per heavy atom. The third kappa shape index (κ3) is 6.83. The Labute approximate surface area is 249 Å². The SMILES string of the molecule is CCN1CCN(C(=O)C(C)(C)OC)CCC(=O)NCC2CCCN(C2)c2nc3cc(OC)c(OC)c(OC)c3cc2C1. The van der Waals surface area contributed by atoms with Crippen LogP contribution in [0.3, 0.4) is 0 Å². The molecule has 42 heavy (non-hydrogen) atoms. The van der Waals surface area contributed by atoms with Crippen molar-refractivity contribution in [2.75, 3.05) is 79.2 Å². The molecule has 1 saturated heterocycles. The van der Waals surface area contributed by atoms with E-state index in [4.69, 9.17) is 23.9 Å². The van der Waals surface area contributed by atoms with Gasteiger partial charge in [-0.1, -0.05) is 6.92 Å². The van der Waals surface area contributed by atoms with Crippen LogP contribution in [0.25, 0.3) is 10.9 Å². The fraction of sp³-hybridized carbons (Fsp3) is 0.645. The molecule has 1 aromatic carbocycles. The van der Waals surface area contributed by atoms with Crippen molar-refractivity contribution >= 4 is 28.5 Å². The predicted molar refractivity (Wildman–Crippen MR) is 163 cm³/mol. The van der Waals surface area contributed by atoms with Crippen LogP contribution in [0.15, 0.2) is 12.1 Å². The molecular weight excluding hydrogens is 538 g/mol. The molecular formula is C31H47N5O6. The van der Waals surface area contributed by atoms with Gasteiger partial charge in [-0.05, 0) is 45.2 Å². The zero-order valence-corrected chi connectivity index (χ0v) is 26.2. The van der Waals surface area contributed by atoms with Crippen LogP contribution >= 0.6 is 0 Å².